The number of benzene rings is 2. The van der Waals surface area contributed by atoms with Crippen LogP contribution in [0, 0.1) is 6.92 Å². The third kappa shape index (κ3) is 3.93. The Kier molecular flexibility index (Phi) is 5.67. The van der Waals surface area contributed by atoms with Crippen molar-refractivity contribution in [1.82, 2.24) is 10.2 Å². The second kappa shape index (κ2) is 8.36. The number of fused-ring (bicyclic) bond motifs is 1. The van der Waals surface area contributed by atoms with Crippen LogP contribution in [0.1, 0.15) is 52.4 Å². The molecule has 1 unspecified atom stereocenters. The maximum Gasteiger partial charge on any atom is 0.251 e. The lowest BCUT2D eigenvalue weighted by Gasteiger charge is -2.35. The van der Waals surface area contributed by atoms with Gasteiger partial charge in [-0.2, -0.15) is 0 Å². The summed E-state index contributed by atoms with van der Waals surface area (Å²) < 4.78 is 0. The Morgan fingerprint density at radius 2 is 1.86 bits per heavy atom. The summed E-state index contributed by atoms with van der Waals surface area (Å²) in [5.41, 5.74) is 5.92. The molecule has 0 aliphatic carbocycles. The van der Waals surface area contributed by atoms with Crippen LogP contribution < -0.4 is 10.2 Å². The Balaban J connectivity index is 1.54. The zero-order valence-corrected chi connectivity index (χ0v) is 17.1. The minimum Gasteiger partial charge on any atom is -0.374 e. The maximum absolute atomic E-state index is 12.8. The Bertz CT molecular complexity index is 841. The predicted octanol–water partition coefficient (Wildman–Crippen LogP) is 3.94. The van der Waals surface area contributed by atoms with Gasteiger partial charge in [-0.05, 0) is 68.1 Å². The third-order valence-electron chi connectivity index (χ3n) is 6.29. The minimum absolute atomic E-state index is 0.0287. The van der Waals surface area contributed by atoms with Crippen LogP contribution in [0.15, 0.2) is 42.5 Å². The van der Waals surface area contributed by atoms with Gasteiger partial charge in [0.15, 0.2) is 0 Å². The zero-order valence-electron chi connectivity index (χ0n) is 17.1. The molecule has 2 aromatic rings. The summed E-state index contributed by atoms with van der Waals surface area (Å²) in [7, 11) is 2.16. The van der Waals surface area contributed by atoms with Gasteiger partial charge in [-0.15, -0.1) is 0 Å². The van der Waals surface area contributed by atoms with Gasteiger partial charge in [-0.25, -0.2) is 0 Å². The summed E-state index contributed by atoms with van der Waals surface area (Å²) in [4.78, 5) is 17.7. The van der Waals surface area contributed by atoms with Crippen LogP contribution >= 0.6 is 0 Å². The van der Waals surface area contributed by atoms with E-state index < -0.39 is 0 Å². The molecule has 0 saturated carbocycles. The number of carbonyl (C=O) groups is 1. The van der Waals surface area contributed by atoms with Crippen molar-refractivity contribution < 1.29 is 4.79 Å². The van der Waals surface area contributed by atoms with Gasteiger partial charge in [-0.1, -0.05) is 36.8 Å². The van der Waals surface area contributed by atoms with E-state index in [9.17, 15) is 4.79 Å². The molecule has 0 spiro atoms. The second-order valence-electron chi connectivity index (χ2n) is 8.20. The van der Waals surface area contributed by atoms with Gasteiger partial charge in [0, 0.05) is 31.4 Å². The molecule has 2 heterocycles. The highest BCUT2D eigenvalue weighted by atomic mass is 16.1. The lowest BCUT2D eigenvalue weighted by atomic mass is 9.98. The molecule has 1 amide bonds. The van der Waals surface area contributed by atoms with E-state index in [2.05, 4.69) is 40.4 Å². The van der Waals surface area contributed by atoms with Crippen LogP contribution in [-0.4, -0.2) is 44.0 Å². The van der Waals surface area contributed by atoms with Gasteiger partial charge >= 0.3 is 0 Å². The van der Waals surface area contributed by atoms with Crippen molar-refractivity contribution >= 4 is 11.6 Å². The van der Waals surface area contributed by atoms with E-state index in [0.29, 0.717) is 6.54 Å². The fourth-order valence-corrected chi connectivity index (χ4v) is 4.59. The molecule has 1 fully saturated rings. The Morgan fingerprint density at radius 1 is 1.07 bits per heavy atom. The first-order valence-corrected chi connectivity index (χ1v) is 10.6. The van der Waals surface area contributed by atoms with Gasteiger partial charge < -0.3 is 10.2 Å². The van der Waals surface area contributed by atoms with Crippen molar-refractivity contribution in [2.75, 3.05) is 38.1 Å². The molecule has 0 bridgehead atoms. The van der Waals surface area contributed by atoms with E-state index in [-0.39, 0.29) is 11.9 Å². The first-order valence-electron chi connectivity index (χ1n) is 10.6. The van der Waals surface area contributed by atoms with Crippen molar-refractivity contribution in [3.63, 3.8) is 0 Å². The minimum atomic E-state index is 0.0287. The van der Waals surface area contributed by atoms with E-state index in [1.165, 1.54) is 36.1 Å². The van der Waals surface area contributed by atoms with Gasteiger partial charge in [-0.3, -0.25) is 9.69 Å². The highest BCUT2D eigenvalue weighted by Gasteiger charge is 2.25. The first-order chi connectivity index (χ1) is 13.6. The van der Waals surface area contributed by atoms with E-state index >= 15 is 0 Å². The molecule has 1 N–H and O–H groups in total. The first kappa shape index (κ1) is 19.0. The molecule has 4 heteroatoms. The Hall–Kier alpha value is -2.33. The molecule has 2 aromatic carbocycles. The van der Waals surface area contributed by atoms with Gasteiger partial charge in [0.1, 0.15) is 0 Å². The summed E-state index contributed by atoms with van der Waals surface area (Å²) in [6.07, 6.45) is 4.92. The number of amides is 1. The highest BCUT2D eigenvalue weighted by molar-refractivity contribution is 5.95. The predicted molar refractivity (Wildman–Crippen MR) is 115 cm³/mol. The molecule has 28 heavy (non-hydrogen) atoms. The smallest absolute Gasteiger partial charge is 0.251 e. The van der Waals surface area contributed by atoms with Crippen molar-refractivity contribution in [1.29, 1.82) is 0 Å². The molecular formula is C24H31N3O. The standard InChI is InChI=1S/C24H31N3O/c1-18-8-4-5-9-21(18)24(28)25-17-23(27-13-6-3-7-14-27)19-10-11-22-20(16-19)12-15-26(22)2/h4-5,8-11,16,23H,3,6-7,12-15,17H2,1-2H3,(H,25,28). The quantitative estimate of drug-likeness (QED) is 0.857. The zero-order chi connectivity index (χ0) is 19.5. The third-order valence-corrected chi connectivity index (χ3v) is 6.29. The van der Waals surface area contributed by atoms with E-state index in [1.807, 2.05) is 31.2 Å². The monoisotopic (exact) mass is 377 g/mol. The highest BCUT2D eigenvalue weighted by Crippen LogP contribution is 2.32. The number of anilines is 1. The number of nitrogens with one attached hydrogen (secondary N) is 1. The summed E-state index contributed by atoms with van der Waals surface area (Å²) in [5.74, 6) is 0.0287. The Morgan fingerprint density at radius 3 is 2.64 bits per heavy atom. The summed E-state index contributed by atoms with van der Waals surface area (Å²) in [6, 6.07) is 14.9. The SMILES string of the molecule is Cc1ccccc1C(=O)NCC(c1ccc2c(c1)CCN2C)N1CCCCC1. The second-order valence-corrected chi connectivity index (χ2v) is 8.20. The van der Waals surface area contributed by atoms with Crippen LogP contribution in [0.4, 0.5) is 5.69 Å². The molecule has 1 saturated heterocycles. The number of hydrogen-bond acceptors (Lipinski definition) is 3. The molecule has 4 rings (SSSR count). The molecule has 0 radical (unpaired) electrons. The number of hydrogen-bond donors (Lipinski definition) is 1. The maximum atomic E-state index is 12.8. The molecule has 1 atom stereocenters. The van der Waals surface area contributed by atoms with E-state index in [0.717, 1.165) is 37.2 Å². The molecule has 148 valence electrons. The van der Waals surface area contributed by atoms with Gasteiger partial charge in [0.25, 0.3) is 5.91 Å². The lowest BCUT2D eigenvalue weighted by molar-refractivity contribution is 0.0924. The summed E-state index contributed by atoms with van der Waals surface area (Å²) in [6.45, 7) is 5.97. The van der Waals surface area contributed by atoms with Crippen molar-refractivity contribution in [2.24, 2.45) is 0 Å². The number of likely N-dealkylation sites (tertiary alicyclic amines) is 1. The lowest BCUT2D eigenvalue weighted by Crippen LogP contribution is -2.40. The van der Waals surface area contributed by atoms with Crippen LogP contribution in [0.3, 0.4) is 0 Å². The van der Waals surface area contributed by atoms with Crippen LogP contribution in [0.25, 0.3) is 0 Å². The van der Waals surface area contributed by atoms with Crippen LogP contribution in [0.2, 0.25) is 0 Å². The fourth-order valence-electron chi connectivity index (χ4n) is 4.59. The molecule has 2 aliphatic rings. The van der Waals surface area contributed by atoms with Crippen LogP contribution in [-0.2, 0) is 6.42 Å². The van der Waals surface area contributed by atoms with Crippen molar-refractivity contribution in [3.05, 3.63) is 64.7 Å². The van der Waals surface area contributed by atoms with Gasteiger partial charge in [0.2, 0.25) is 0 Å². The summed E-state index contributed by atoms with van der Waals surface area (Å²) >= 11 is 0. The fraction of sp³-hybridized carbons (Fsp3) is 0.458. The largest absolute Gasteiger partial charge is 0.374 e. The number of likely N-dealkylation sites (N-methyl/N-ethyl adjacent to an activating group) is 1. The molecule has 4 nitrogen and oxygen atoms in total. The number of piperidine rings is 1. The van der Waals surface area contributed by atoms with Gasteiger partial charge in [0.05, 0.1) is 6.04 Å². The normalized spacial score (nSPS) is 18.0. The topological polar surface area (TPSA) is 35.6 Å². The number of nitrogens with zero attached hydrogens (tertiary/aromatic N) is 2. The van der Waals surface area contributed by atoms with E-state index in [1.54, 1.807) is 0 Å². The number of carbonyl (C=O) groups excluding carboxylic acids is 1. The number of aryl methyl sites for hydroxylation is 1. The molecule has 2 aliphatic heterocycles. The molecular weight excluding hydrogens is 346 g/mol. The summed E-state index contributed by atoms with van der Waals surface area (Å²) in [5, 5.41) is 3.22. The molecule has 0 aromatic heterocycles. The van der Waals surface area contributed by atoms with Crippen LogP contribution in [0.5, 0.6) is 0 Å². The van der Waals surface area contributed by atoms with E-state index in [4.69, 9.17) is 0 Å². The average molecular weight is 378 g/mol. The Labute approximate surface area is 168 Å². The number of rotatable bonds is 5. The van der Waals surface area contributed by atoms with Crippen molar-refractivity contribution in [3.8, 4) is 0 Å². The average Bonchev–Trinajstić information content (AvgIpc) is 3.09. The van der Waals surface area contributed by atoms with Crippen molar-refractivity contribution in [2.45, 2.75) is 38.6 Å².